The van der Waals surface area contributed by atoms with Gasteiger partial charge in [-0.3, -0.25) is 9.59 Å². The fraction of sp³-hybridized carbons (Fsp3) is 0.111. The Morgan fingerprint density at radius 1 is 0.875 bits per heavy atom. The first-order chi connectivity index (χ1) is 11.6. The predicted octanol–water partition coefficient (Wildman–Crippen LogP) is 3.50. The van der Waals surface area contributed by atoms with Crippen LogP contribution in [0.5, 0.6) is 0 Å². The zero-order chi connectivity index (χ0) is 17.1. The predicted molar refractivity (Wildman–Crippen MR) is 95.0 cm³/mol. The lowest BCUT2D eigenvalue weighted by Gasteiger charge is -2.15. The standard InChI is InChI=1S/C18H14Cl2N2O2/c19-13-6-8-14(9-7-13)22-17(23)15(20)16(18(22)24)21-11-10-12-4-2-1-3-5-12/h1-9,21H,10-11H2. The van der Waals surface area contributed by atoms with Gasteiger partial charge in [0.15, 0.2) is 0 Å². The second-order valence-electron chi connectivity index (χ2n) is 5.27. The molecule has 0 bridgehead atoms. The van der Waals surface area contributed by atoms with Crippen LogP contribution in [-0.4, -0.2) is 18.4 Å². The highest BCUT2D eigenvalue weighted by Gasteiger charge is 2.38. The number of benzene rings is 2. The van der Waals surface area contributed by atoms with E-state index in [0.717, 1.165) is 16.9 Å². The first kappa shape index (κ1) is 16.6. The van der Waals surface area contributed by atoms with Crippen LogP contribution in [0.1, 0.15) is 5.56 Å². The van der Waals surface area contributed by atoms with Gasteiger partial charge in [-0.05, 0) is 36.2 Å². The van der Waals surface area contributed by atoms with Gasteiger partial charge in [0.25, 0.3) is 11.8 Å². The third kappa shape index (κ3) is 3.30. The summed E-state index contributed by atoms with van der Waals surface area (Å²) >= 11 is 11.9. The van der Waals surface area contributed by atoms with Gasteiger partial charge in [0.1, 0.15) is 10.7 Å². The average Bonchev–Trinajstić information content (AvgIpc) is 2.80. The largest absolute Gasteiger partial charge is 0.379 e. The summed E-state index contributed by atoms with van der Waals surface area (Å²) < 4.78 is 0. The quantitative estimate of drug-likeness (QED) is 0.830. The molecule has 0 unspecified atom stereocenters. The molecule has 0 saturated carbocycles. The van der Waals surface area contributed by atoms with Crippen LogP contribution >= 0.6 is 23.2 Å². The first-order valence-electron chi connectivity index (χ1n) is 7.40. The third-order valence-corrected chi connectivity index (χ3v) is 4.27. The number of amides is 2. The van der Waals surface area contributed by atoms with Crippen LogP contribution in [0.25, 0.3) is 0 Å². The number of rotatable bonds is 5. The molecule has 0 spiro atoms. The number of nitrogens with zero attached hydrogens (tertiary/aromatic N) is 1. The molecule has 1 N–H and O–H groups in total. The van der Waals surface area contributed by atoms with E-state index < -0.39 is 11.8 Å². The maximum atomic E-state index is 12.5. The van der Waals surface area contributed by atoms with Gasteiger partial charge in [-0.2, -0.15) is 0 Å². The molecule has 1 aliphatic heterocycles. The fourth-order valence-electron chi connectivity index (χ4n) is 2.46. The van der Waals surface area contributed by atoms with Crippen molar-refractivity contribution in [2.75, 3.05) is 11.4 Å². The minimum absolute atomic E-state index is 0.0944. The van der Waals surface area contributed by atoms with Crippen LogP contribution in [0, 0.1) is 0 Å². The summed E-state index contributed by atoms with van der Waals surface area (Å²) in [6.45, 7) is 0.503. The van der Waals surface area contributed by atoms with E-state index in [1.807, 2.05) is 30.3 Å². The summed E-state index contributed by atoms with van der Waals surface area (Å²) in [5.41, 5.74) is 1.70. The molecule has 4 nitrogen and oxygen atoms in total. The average molecular weight is 361 g/mol. The number of halogens is 2. The molecule has 24 heavy (non-hydrogen) atoms. The van der Waals surface area contributed by atoms with Crippen molar-refractivity contribution in [2.45, 2.75) is 6.42 Å². The Bertz CT molecular complexity index is 802. The zero-order valence-electron chi connectivity index (χ0n) is 12.6. The van der Waals surface area contributed by atoms with Gasteiger partial charge < -0.3 is 5.32 Å². The lowest BCUT2D eigenvalue weighted by molar-refractivity contribution is -0.120. The van der Waals surface area contributed by atoms with Gasteiger partial charge in [0.05, 0.1) is 5.69 Å². The molecule has 1 heterocycles. The lowest BCUT2D eigenvalue weighted by atomic mass is 10.1. The Balaban J connectivity index is 1.71. The number of carbonyl (C=O) groups is 2. The molecule has 0 aliphatic carbocycles. The van der Waals surface area contributed by atoms with Crippen molar-refractivity contribution in [3.05, 3.63) is 75.9 Å². The summed E-state index contributed by atoms with van der Waals surface area (Å²) in [7, 11) is 0. The minimum atomic E-state index is -0.536. The van der Waals surface area contributed by atoms with Crippen LogP contribution in [0.2, 0.25) is 5.02 Å². The van der Waals surface area contributed by atoms with E-state index in [2.05, 4.69) is 5.32 Å². The fourth-order valence-corrected chi connectivity index (χ4v) is 2.82. The number of hydrogen-bond acceptors (Lipinski definition) is 3. The first-order valence-corrected chi connectivity index (χ1v) is 8.15. The maximum Gasteiger partial charge on any atom is 0.283 e. The maximum absolute atomic E-state index is 12.5. The minimum Gasteiger partial charge on any atom is -0.379 e. The molecule has 3 rings (SSSR count). The van der Waals surface area contributed by atoms with Crippen molar-refractivity contribution in [3.63, 3.8) is 0 Å². The smallest absolute Gasteiger partial charge is 0.283 e. The van der Waals surface area contributed by atoms with Gasteiger partial charge >= 0.3 is 0 Å². The van der Waals surface area contributed by atoms with Crippen LogP contribution in [0.4, 0.5) is 5.69 Å². The van der Waals surface area contributed by atoms with Crippen molar-refractivity contribution in [1.29, 1.82) is 0 Å². The van der Waals surface area contributed by atoms with Crippen LogP contribution < -0.4 is 10.2 Å². The Labute approximate surface area is 149 Å². The lowest BCUT2D eigenvalue weighted by Crippen LogP contribution is -2.34. The van der Waals surface area contributed by atoms with Crippen LogP contribution in [0.15, 0.2) is 65.3 Å². The molecule has 6 heteroatoms. The SMILES string of the molecule is O=C1C(Cl)=C(NCCc2ccccc2)C(=O)N1c1ccc(Cl)cc1. The second-order valence-corrected chi connectivity index (χ2v) is 6.09. The number of anilines is 1. The monoisotopic (exact) mass is 360 g/mol. The summed E-state index contributed by atoms with van der Waals surface area (Å²) in [6, 6.07) is 16.3. The number of imide groups is 1. The van der Waals surface area contributed by atoms with Gasteiger partial charge in [0.2, 0.25) is 0 Å². The number of nitrogens with one attached hydrogen (secondary N) is 1. The molecular weight excluding hydrogens is 347 g/mol. The summed E-state index contributed by atoms with van der Waals surface area (Å²) in [5.74, 6) is -0.994. The third-order valence-electron chi connectivity index (χ3n) is 3.67. The van der Waals surface area contributed by atoms with E-state index in [-0.39, 0.29) is 10.7 Å². The van der Waals surface area contributed by atoms with E-state index in [1.54, 1.807) is 24.3 Å². The van der Waals surface area contributed by atoms with Crippen molar-refractivity contribution >= 4 is 40.7 Å². The van der Waals surface area contributed by atoms with Crippen molar-refractivity contribution in [2.24, 2.45) is 0 Å². The second kappa shape index (κ2) is 7.07. The highest BCUT2D eigenvalue weighted by molar-refractivity contribution is 6.52. The molecule has 2 amide bonds. The Morgan fingerprint density at radius 2 is 1.54 bits per heavy atom. The Kier molecular flexibility index (Phi) is 4.88. The number of carbonyl (C=O) groups excluding carboxylic acids is 2. The van der Waals surface area contributed by atoms with Gasteiger partial charge in [-0.1, -0.05) is 53.5 Å². The highest BCUT2D eigenvalue weighted by Crippen LogP contribution is 2.28. The zero-order valence-corrected chi connectivity index (χ0v) is 14.1. The normalized spacial score (nSPS) is 14.5. The topological polar surface area (TPSA) is 49.4 Å². The molecule has 2 aromatic rings. The van der Waals surface area contributed by atoms with Crippen molar-refractivity contribution in [3.8, 4) is 0 Å². The van der Waals surface area contributed by atoms with Crippen LogP contribution in [-0.2, 0) is 16.0 Å². The molecule has 0 aromatic heterocycles. The van der Waals surface area contributed by atoms with E-state index in [9.17, 15) is 9.59 Å². The van der Waals surface area contributed by atoms with Crippen molar-refractivity contribution < 1.29 is 9.59 Å². The summed E-state index contributed by atoms with van der Waals surface area (Å²) in [5, 5.41) is 3.41. The molecule has 0 fully saturated rings. The molecule has 0 saturated heterocycles. The molecule has 122 valence electrons. The van der Waals surface area contributed by atoms with Gasteiger partial charge in [-0.15, -0.1) is 0 Å². The van der Waals surface area contributed by atoms with Crippen LogP contribution in [0.3, 0.4) is 0 Å². The van der Waals surface area contributed by atoms with E-state index in [1.165, 1.54) is 0 Å². The Hall–Kier alpha value is -2.30. The summed E-state index contributed by atoms with van der Waals surface area (Å²) in [4.78, 5) is 25.9. The van der Waals surface area contributed by atoms with E-state index in [4.69, 9.17) is 23.2 Å². The molecule has 2 aromatic carbocycles. The molecule has 1 aliphatic rings. The van der Waals surface area contributed by atoms with E-state index in [0.29, 0.717) is 17.3 Å². The van der Waals surface area contributed by atoms with E-state index >= 15 is 0 Å². The number of hydrogen-bond donors (Lipinski definition) is 1. The van der Waals surface area contributed by atoms with Crippen molar-refractivity contribution in [1.82, 2.24) is 5.32 Å². The van der Waals surface area contributed by atoms with Gasteiger partial charge in [-0.25, -0.2) is 4.90 Å². The Morgan fingerprint density at radius 3 is 2.21 bits per heavy atom. The molecular formula is C18H14Cl2N2O2. The summed E-state index contributed by atoms with van der Waals surface area (Å²) in [6.07, 6.45) is 0.719. The highest BCUT2D eigenvalue weighted by atomic mass is 35.5. The molecule has 0 atom stereocenters. The van der Waals surface area contributed by atoms with Gasteiger partial charge in [0, 0.05) is 11.6 Å². The molecule has 0 radical (unpaired) electrons.